The van der Waals surface area contributed by atoms with Crippen molar-refractivity contribution in [3.63, 3.8) is 0 Å². The zero-order chi connectivity index (χ0) is 17.3. The lowest BCUT2D eigenvalue weighted by Crippen LogP contribution is -2.33. The summed E-state index contributed by atoms with van der Waals surface area (Å²) >= 11 is 0. The summed E-state index contributed by atoms with van der Waals surface area (Å²) in [7, 11) is -1.61. The number of nitrogens with one attached hydrogen (secondary N) is 1. The van der Waals surface area contributed by atoms with Gasteiger partial charge in [-0.3, -0.25) is 13.4 Å². The van der Waals surface area contributed by atoms with E-state index in [9.17, 15) is 18.6 Å². The minimum atomic E-state index is -3.44. The first-order valence-corrected chi connectivity index (χ1v) is 9.01. The van der Waals surface area contributed by atoms with Crippen molar-refractivity contribution >= 4 is 40.4 Å². The Bertz CT molecular complexity index is 750. The molecule has 0 spiro atoms. The number of aromatic hydroxyl groups is 1. The van der Waals surface area contributed by atoms with Crippen LogP contribution in [0, 0.1) is 5.82 Å². The lowest BCUT2D eigenvalue weighted by molar-refractivity contribution is 0.467. The van der Waals surface area contributed by atoms with Gasteiger partial charge in [-0.1, -0.05) is 12.1 Å². The molecule has 1 aliphatic rings. The van der Waals surface area contributed by atoms with Gasteiger partial charge in [-0.2, -0.15) is 0 Å². The van der Waals surface area contributed by atoms with Crippen LogP contribution >= 0.6 is 23.4 Å². The van der Waals surface area contributed by atoms with Crippen LogP contribution in [0.4, 0.5) is 21.5 Å². The molecule has 0 atom stereocenters. The summed E-state index contributed by atoms with van der Waals surface area (Å²) in [6.45, 7) is 1.14. The molecule has 0 fully saturated rings. The maximum atomic E-state index is 14.3. The first-order valence-electron chi connectivity index (χ1n) is 7.55. The summed E-state index contributed by atoms with van der Waals surface area (Å²) in [4.78, 5) is 0. The maximum absolute atomic E-state index is 14.3. The Kier molecular flexibility index (Phi) is 6.02. The number of halogens is 2. The number of para-hydroxylation sites is 2. The number of hydrogen-bond acceptors (Lipinski definition) is 6. The predicted octanol–water partition coefficient (Wildman–Crippen LogP) is 4.10. The third kappa shape index (κ3) is 3.49. The van der Waals surface area contributed by atoms with Crippen molar-refractivity contribution in [2.45, 2.75) is 6.42 Å². The molecular weight excluding hydrogens is 369 g/mol. The van der Waals surface area contributed by atoms with Crippen LogP contribution in [0.3, 0.4) is 0 Å². The second-order valence-corrected chi connectivity index (χ2v) is 7.25. The number of phenols is 1. The number of rotatable bonds is 5. The lowest BCUT2D eigenvalue weighted by Gasteiger charge is -2.43. The number of nitrogens with zero attached hydrogens (tertiary/aromatic N) is 2. The highest BCUT2D eigenvalue weighted by molar-refractivity contribution is 8.27. The molecule has 0 bridgehead atoms. The Balaban J connectivity index is 0.00000225. The van der Waals surface area contributed by atoms with E-state index in [1.54, 1.807) is 24.3 Å². The minimum absolute atomic E-state index is 0. The third-order valence-corrected chi connectivity index (χ3v) is 5.70. The van der Waals surface area contributed by atoms with Gasteiger partial charge in [-0.05, 0) is 55.2 Å². The Morgan fingerprint density at radius 1 is 1.08 bits per heavy atom. The third-order valence-electron chi connectivity index (χ3n) is 3.85. The van der Waals surface area contributed by atoms with Gasteiger partial charge >= 0.3 is 0 Å². The molecule has 1 aliphatic heterocycles. The van der Waals surface area contributed by atoms with E-state index >= 15 is 0 Å². The highest BCUT2D eigenvalue weighted by Gasteiger charge is 2.42. The zero-order valence-corrected chi connectivity index (χ0v) is 15.2. The van der Waals surface area contributed by atoms with E-state index in [4.69, 9.17) is 0 Å². The molecule has 6 nitrogen and oxygen atoms in total. The molecule has 4 N–H and O–H groups in total. The van der Waals surface area contributed by atoms with E-state index in [0.717, 1.165) is 12.6 Å². The largest absolute Gasteiger partial charge is 0.508 e. The first kappa shape index (κ1) is 19.6. The smallest absolute Gasteiger partial charge is 0.152 e. The van der Waals surface area contributed by atoms with Crippen LogP contribution in [0.25, 0.3) is 0 Å². The lowest BCUT2D eigenvalue weighted by atomic mass is 10.2. The fraction of sp³-hybridized carbons (Fsp3) is 0.250. The number of benzene rings is 2. The van der Waals surface area contributed by atoms with E-state index in [1.165, 1.54) is 20.7 Å². The van der Waals surface area contributed by atoms with Crippen LogP contribution in [-0.4, -0.2) is 34.3 Å². The highest BCUT2D eigenvalue weighted by Crippen LogP contribution is 2.64. The summed E-state index contributed by atoms with van der Waals surface area (Å²) in [5.74, 6) is -0.937. The van der Waals surface area contributed by atoms with Crippen molar-refractivity contribution in [1.29, 1.82) is 0 Å². The van der Waals surface area contributed by atoms with Crippen LogP contribution in [0.5, 0.6) is 5.75 Å². The van der Waals surface area contributed by atoms with Crippen molar-refractivity contribution in [1.82, 2.24) is 5.32 Å². The Hall–Kier alpha value is -1.71. The summed E-state index contributed by atoms with van der Waals surface area (Å²) in [6.07, 6.45) is 0.701. The van der Waals surface area contributed by atoms with E-state index in [2.05, 4.69) is 5.32 Å². The zero-order valence-electron chi connectivity index (χ0n) is 13.6. The van der Waals surface area contributed by atoms with Gasteiger partial charge in [0.1, 0.15) is 11.4 Å². The minimum Gasteiger partial charge on any atom is -0.508 e. The molecule has 0 saturated carbocycles. The first-order chi connectivity index (χ1) is 11.5. The number of phenolic OH excluding ortho intramolecular Hbond substituents is 1. The molecule has 25 heavy (non-hydrogen) atoms. The molecule has 0 aliphatic carbocycles. The van der Waals surface area contributed by atoms with Gasteiger partial charge in [0.2, 0.25) is 0 Å². The molecule has 2 aromatic rings. The monoisotopic (exact) mass is 389 g/mol. The van der Waals surface area contributed by atoms with Gasteiger partial charge in [0.15, 0.2) is 5.82 Å². The van der Waals surface area contributed by atoms with E-state index in [1.807, 2.05) is 7.05 Å². The Labute approximate surface area is 153 Å². The second kappa shape index (κ2) is 7.67. The van der Waals surface area contributed by atoms with Crippen molar-refractivity contribution in [3.8, 4) is 5.75 Å². The Morgan fingerprint density at radius 2 is 1.76 bits per heavy atom. The molecule has 9 heteroatoms. The summed E-state index contributed by atoms with van der Waals surface area (Å²) < 4.78 is 38.7. The quantitative estimate of drug-likeness (QED) is 0.576. The topological polar surface area (TPSA) is 79.2 Å². The second-order valence-electron chi connectivity index (χ2n) is 5.47. The fourth-order valence-electron chi connectivity index (χ4n) is 2.77. The van der Waals surface area contributed by atoms with E-state index < -0.39 is 16.8 Å². The fourth-order valence-corrected chi connectivity index (χ4v) is 4.59. The highest BCUT2D eigenvalue weighted by atomic mass is 35.5. The average molecular weight is 390 g/mol. The van der Waals surface area contributed by atoms with Crippen LogP contribution in [-0.2, 0) is 0 Å². The molecule has 0 amide bonds. The van der Waals surface area contributed by atoms with Gasteiger partial charge in [-0.25, -0.2) is 8.70 Å². The SMILES string of the molecule is CNCCCN1c2ccccc2N(c2ccc(O)cc2F)S1(O)O.Cl. The molecule has 138 valence electrons. The average Bonchev–Trinajstić information content (AvgIpc) is 2.76. The number of anilines is 3. The molecule has 2 aromatic carbocycles. The molecule has 0 saturated heterocycles. The molecule has 0 unspecified atom stereocenters. The van der Waals surface area contributed by atoms with Crippen LogP contribution in [0.15, 0.2) is 42.5 Å². The molecular formula is C16H21ClFN3O3S. The van der Waals surface area contributed by atoms with Crippen molar-refractivity contribution in [2.75, 3.05) is 28.7 Å². The van der Waals surface area contributed by atoms with E-state index in [-0.39, 0.29) is 23.8 Å². The summed E-state index contributed by atoms with van der Waals surface area (Å²) in [6, 6.07) is 10.7. The van der Waals surface area contributed by atoms with Crippen LogP contribution in [0.1, 0.15) is 6.42 Å². The summed E-state index contributed by atoms with van der Waals surface area (Å²) in [5, 5.41) is 12.4. The Morgan fingerprint density at radius 3 is 2.40 bits per heavy atom. The normalized spacial score (nSPS) is 16.3. The van der Waals surface area contributed by atoms with Crippen LogP contribution in [0.2, 0.25) is 0 Å². The predicted molar refractivity (Wildman–Crippen MR) is 103 cm³/mol. The van der Waals surface area contributed by atoms with Crippen molar-refractivity contribution in [2.24, 2.45) is 0 Å². The molecule has 1 heterocycles. The number of hydrogen-bond donors (Lipinski definition) is 4. The molecule has 3 rings (SSSR count). The standard InChI is InChI=1S/C16H20FN3O3S.ClH/c1-18-9-4-10-19-15-5-2-3-6-16(15)20(24(19,22)23)14-8-7-12(21)11-13(14)17;/h2-3,5-8,11,18,21-23H,4,9-10H2,1H3;1H. The maximum Gasteiger partial charge on any atom is 0.152 e. The van der Waals surface area contributed by atoms with Gasteiger partial charge < -0.3 is 10.4 Å². The molecule has 0 aromatic heterocycles. The van der Waals surface area contributed by atoms with Gasteiger partial charge in [-0.15, -0.1) is 12.4 Å². The van der Waals surface area contributed by atoms with Crippen molar-refractivity contribution < 1.29 is 18.6 Å². The van der Waals surface area contributed by atoms with Gasteiger partial charge in [0.25, 0.3) is 0 Å². The summed E-state index contributed by atoms with van der Waals surface area (Å²) in [5.41, 5.74) is 1.17. The van der Waals surface area contributed by atoms with Gasteiger partial charge in [0, 0.05) is 12.6 Å². The van der Waals surface area contributed by atoms with Crippen LogP contribution < -0.4 is 13.9 Å². The molecule has 0 radical (unpaired) electrons. The van der Waals surface area contributed by atoms with Crippen molar-refractivity contribution in [3.05, 3.63) is 48.3 Å². The van der Waals surface area contributed by atoms with E-state index in [0.29, 0.717) is 24.3 Å². The number of fused-ring (bicyclic) bond motifs is 1. The van der Waals surface area contributed by atoms with Gasteiger partial charge in [0.05, 0.1) is 11.4 Å².